The van der Waals surface area contributed by atoms with Gasteiger partial charge in [0.15, 0.2) is 0 Å². The molecule has 3 N–H and O–H groups in total. The van der Waals surface area contributed by atoms with Crippen LogP contribution in [-0.2, 0) is 0 Å². The molecule has 4 nitrogen and oxygen atoms in total. The van der Waals surface area contributed by atoms with Crippen LogP contribution in [0.4, 0.5) is 0 Å². The van der Waals surface area contributed by atoms with Crippen molar-refractivity contribution in [2.75, 3.05) is 0 Å². The molecule has 2 rings (SSSR count). The fourth-order valence-corrected chi connectivity index (χ4v) is 2.12. The standard InChI is InChI=1S/C10H15N3OS/c1-5-3-7(5)12-9(14)8-4-15-10(13-8)6(2)11/h4-7H,3,11H2,1-2H3,(H,12,14). The molecule has 1 aliphatic carbocycles. The number of rotatable bonds is 3. The van der Waals surface area contributed by atoms with Gasteiger partial charge >= 0.3 is 0 Å². The quantitative estimate of drug-likeness (QED) is 0.814. The molecule has 1 aromatic rings. The molecular formula is C10H15N3OS. The lowest BCUT2D eigenvalue weighted by molar-refractivity contribution is 0.0945. The zero-order valence-electron chi connectivity index (χ0n) is 8.86. The van der Waals surface area contributed by atoms with Crippen LogP contribution in [0.5, 0.6) is 0 Å². The molecule has 0 radical (unpaired) electrons. The predicted molar refractivity (Wildman–Crippen MR) is 59.8 cm³/mol. The van der Waals surface area contributed by atoms with Crippen LogP contribution in [-0.4, -0.2) is 16.9 Å². The van der Waals surface area contributed by atoms with Gasteiger partial charge in [-0.3, -0.25) is 4.79 Å². The number of nitrogens with zero attached hydrogens (tertiary/aromatic N) is 1. The summed E-state index contributed by atoms with van der Waals surface area (Å²) in [4.78, 5) is 15.9. The number of thiazole rings is 1. The Morgan fingerprint density at radius 1 is 1.80 bits per heavy atom. The van der Waals surface area contributed by atoms with Crippen LogP contribution in [0.3, 0.4) is 0 Å². The highest BCUT2D eigenvalue weighted by Crippen LogP contribution is 2.29. The Morgan fingerprint density at radius 3 is 2.93 bits per heavy atom. The minimum absolute atomic E-state index is 0.0764. The third kappa shape index (κ3) is 2.35. The second kappa shape index (κ2) is 3.90. The monoisotopic (exact) mass is 225 g/mol. The van der Waals surface area contributed by atoms with E-state index in [4.69, 9.17) is 5.73 Å². The van der Waals surface area contributed by atoms with Gasteiger partial charge in [-0.15, -0.1) is 11.3 Å². The fourth-order valence-electron chi connectivity index (χ4n) is 1.37. The molecule has 0 aliphatic heterocycles. The summed E-state index contributed by atoms with van der Waals surface area (Å²) < 4.78 is 0. The third-order valence-electron chi connectivity index (χ3n) is 2.57. The minimum atomic E-state index is -0.101. The maximum atomic E-state index is 11.7. The summed E-state index contributed by atoms with van der Waals surface area (Å²) in [6.45, 7) is 3.99. The lowest BCUT2D eigenvalue weighted by atomic mass is 10.4. The van der Waals surface area contributed by atoms with E-state index in [-0.39, 0.29) is 11.9 Å². The molecule has 82 valence electrons. The molecule has 1 saturated carbocycles. The summed E-state index contributed by atoms with van der Waals surface area (Å²) in [6, 6.07) is 0.245. The molecule has 1 fully saturated rings. The first-order valence-corrected chi connectivity index (χ1v) is 5.97. The first-order chi connectivity index (χ1) is 7.08. The molecule has 1 aliphatic rings. The van der Waals surface area contributed by atoms with Crippen molar-refractivity contribution in [1.82, 2.24) is 10.3 Å². The number of carbonyl (C=O) groups is 1. The number of nitrogens with two attached hydrogens (primary N) is 1. The maximum absolute atomic E-state index is 11.7. The Kier molecular flexibility index (Phi) is 2.75. The molecular weight excluding hydrogens is 210 g/mol. The van der Waals surface area contributed by atoms with Gasteiger partial charge in [0.25, 0.3) is 5.91 Å². The molecule has 0 saturated heterocycles. The molecule has 5 heteroatoms. The number of hydrogen-bond donors (Lipinski definition) is 2. The number of hydrogen-bond acceptors (Lipinski definition) is 4. The van der Waals surface area contributed by atoms with E-state index in [9.17, 15) is 4.79 Å². The summed E-state index contributed by atoms with van der Waals surface area (Å²) in [6.07, 6.45) is 1.08. The minimum Gasteiger partial charge on any atom is -0.348 e. The first kappa shape index (κ1) is 10.6. The van der Waals surface area contributed by atoms with Crippen LogP contribution in [0, 0.1) is 5.92 Å². The Labute approximate surface area is 92.9 Å². The van der Waals surface area contributed by atoms with Crippen molar-refractivity contribution in [3.8, 4) is 0 Å². The number of nitrogens with one attached hydrogen (secondary N) is 1. The summed E-state index contributed by atoms with van der Waals surface area (Å²) in [5.74, 6) is 0.535. The summed E-state index contributed by atoms with van der Waals surface area (Å²) in [7, 11) is 0. The topological polar surface area (TPSA) is 68.0 Å². The van der Waals surface area contributed by atoms with Crippen molar-refractivity contribution in [3.63, 3.8) is 0 Å². The highest BCUT2D eigenvalue weighted by Gasteiger charge is 2.34. The highest BCUT2D eigenvalue weighted by atomic mass is 32.1. The van der Waals surface area contributed by atoms with Gasteiger partial charge in [-0.2, -0.15) is 0 Å². The van der Waals surface area contributed by atoms with Gasteiger partial charge in [-0.1, -0.05) is 6.92 Å². The molecule has 3 unspecified atom stereocenters. The zero-order chi connectivity index (χ0) is 11.0. The van der Waals surface area contributed by atoms with Crippen molar-refractivity contribution in [3.05, 3.63) is 16.1 Å². The molecule has 0 bridgehead atoms. The summed E-state index contributed by atoms with van der Waals surface area (Å²) >= 11 is 1.44. The molecule has 0 aromatic carbocycles. The smallest absolute Gasteiger partial charge is 0.270 e. The van der Waals surface area contributed by atoms with Crippen molar-refractivity contribution in [2.24, 2.45) is 11.7 Å². The first-order valence-electron chi connectivity index (χ1n) is 5.10. The largest absolute Gasteiger partial charge is 0.348 e. The Hall–Kier alpha value is -0.940. The van der Waals surface area contributed by atoms with E-state index >= 15 is 0 Å². The van der Waals surface area contributed by atoms with E-state index < -0.39 is 0 Å². The van der Waals surface area contributed by atoms with Crippen molar-refractivity contribution >= 4 is 17.2 Å². The van der Waals surface area contributed by atoms with Crippen LogP contribution >= 0.6 is 11.3 Å². The summed E-state index contributed by atoms with van der Waals surface area (Å²) in [5, 5.41) is 5.51. The van der Waals surface area contributed by atoms with Crippen LogP contribution in [0.1, 0.15) is 41.8 Å². The zero-order valence-corrected chi connectivity index (χ0v) is 9.67. The molecule has 3 atom stereocenters. The Bertz CT molecular complexity index is 374. The van der Waals surface area contributed by atoms with Gasteiger partial charge in [-0.25, -0.2) is 4.98 Å². The molecule has 1 heterocycles. The lowest BCUT2D eigenvalue weighted by Gasteiger charge is -2.00. The van der Waals surface area contributed by atoms with Gasteiger partial charge < -0.3 is 11.1 Å². The van der Waals surface area contributed by atoms with E-state index in [1.165, 1.54) is 11.3 Å². The molecule has 15 heavy (non-hydrogen) atoms. The average Bonchev–Trinajstić information content (AvgIpc) is 2.71. The Morgan fingerprint density at radius 2 is 2.47 bits per heavy atom. The number of amides is 1. The average molecular weight is 225 g/mol. The van der Waals surface area contributed by atoms with Crippen molar-refractivity contribution < 1.29 is 4.79 Å². The second-order valence-corrected chi connectivity index (χ2v) is 5.04. The van der Waals surface area contributed by atoms with Gasteiger partial charge in [0, 0.05) is 11.4 Å². The van der Waals surface area contributed by atoms with Crippen LogP contribution in [0.15, 0.2) is 5.38 Å². The van der Waals surface area contributed by atoms with Gasteiger partial charge in [-0.05, 0) is 19.3 Å². The Balaban J connectivity index is 1.99. The summed E-state index contributed by atoms with van der Waals surface area (Å²) in [5.41, 5.74) is 6.17. The number of carbonyl (C=O) groups excluding carboxylic acids is 1. The van der Waals surface area contributed by atoms with E-state index in [1.807, 2.05) is 6.92 Å². The fraction of sp³-hybridized carbons (Fsp3) is 0.600. The van der Waals surface area contributed by atoms with Crippen molar-refractivity contribution in [1.29, 1.82) is 0 Å². The van der Waals surface area contributed by atoms with Gasteiger partial charge in [0.1, 0.15) is 10.7 Å². The molecule has 1 amide bonds. The van der Waals surface area contributed by atoms with Crippen LogP contribution < -0.4 is 11.1 Å². The predicted octanol–water partition coefficient (Wildman–Crippen LogP) is 1.30. The lowest BCUT2D eigenvalue weighted by Crippen LogP contribution is -2.26. The normalized spacial score (nSPS) is 26.1. The van der Waals surface area contributed by atoms with Crippen molar-refractivity contribution in [2.45, 2.75) is 32.4 Å². The van der Waals surface area contributed by atoms with Gasteiger partial charge in [0.05, 0.1) is 6.04 Å². The van der Waals surface area contributed by atoms with Crippen LogP contribution in [0.25, 0.3) is 0 Å². The van der Waals surface area contributed by atoms with E-state index in [0.29, 0.717) is 17.7 Å². The van der Waals surface area contributed by atoms with Gasteiger partial charge in [0.2, 0.25) is 0 Å². The SMILES string of the molecule is CC(N)c1nc(C(=O)NC2CC2C)cs1. The van der Waals surface area contributed by atoms with E-state index in [0.717, 1.165) is 11.4 Å². The highest BCUT2D eigenvalue weighted by molar-refractivity contribution is 7.09. The van der Waals surface area contributed by atoms with E-state index in [1.54, 1.807) is 5.38 Å². The molecule has 1 aromatic heterocycles. The van der Waals surface area contributed by atoms with Crippen LogP contribution in [0.2, 0.25) is 0 Å². The molecule has 0 spiro atoms. The third-order valence-corrected chi connectivity index (χ3v) is 3.62. The second-order valence-electron chi connectivity index (χ2n) is 4.15. The maximum Gasteiger partial charge on any atom is 0.270 e. The van der Waals surface area contributed by atoms with E-state index in [2.05, 4.69) is 17.2 Å². The number of aromatic nitrogens is 1.